The lowest BCUT2D eigenvalue weighted by Gasteiger charge is -2.46. The summed E-state index contributed by atoms with van der Waals surface area (Å²) in [5.41, 5.74) is 0. The molecule has 0 aliphatic carbocycles. The zero-order valence-electron chi connectivity index (χ0n) is 10.5. The van der Waals surface area contributed by atoms with Crippen LogP contribution in [0.1, 0.15) is 19.3 Å². The zero-order chi connectivity index (χ0) is 12.6. The number of halogens is 3. The molecule has 2 aliphatic rings. The van der Waals surface area contributed by atoms with Crippen molar-refractivity contribution in [2.45, 2.75) is 37.4 Å². The second-order valence-electron chi connectivity index (χ2n) is 5.56. The molecule has 3 unspecified atom stereocenters. The van der Waals surface area contributed by atoms with Gasteiger partial charge in [0.1, 0.15) is 6.17 Å². The van der Waals surface area contributed by atoms with Crippen LogP contribution >= 0.6 is 0 Å². The standard InChI is InChI=1S/C12H21F3N2/c1-16-6-5-12(14,15)10(8-16)11-4-3-9(13)7-17(11)2/h9-11H,3-8H2,1-2H3. The third-order valence-electron chi connectivity index (χ3n) is 4.17. The molecule has 2 rings (SSSR count). The van der Waals surface area contributed by atoms with E-state index in [1.165, 1.54) is 0 Å². The number of rotatable bonds is 1. The highest BCUT2D eigenvalue weighted by atomic mass is 19.3. The number of alkyl halides is 3. The van der Waals surface area contributed by atoms with Crippen LogP contribution in [0.3, 0.4) is 0 Å². The van der Waals surface area contributed by atoms with Gasteiger partial charge in [-0.05, 0) is 26.9 Å². The van der Waals surface area contributed by atoms with Crippen LogP contribution in [0.4, 0.5) is 13.2 Å². The van der Waals surface area contributed by atoms with Gasteiger partial charge in [-0.15, -0.1) is 0 Å². The smallest absolute Gasteiger partial charge is 0.254 e. The first-order valence-electron chi connectivity index (χ1n) is 6.31. The average Bonchev–Trinajstić information content (AvgIpc) is 2.23. The first kappa shape index (κ1) is 13.1. The Morgan fingerprint density at radius 2 is 1.82 bits per heavy atom. The summed E-state index contributed by atoms with van der Waals surface area (Å²) in [5, 5.41) is 0. The van der Waals surface area contributed by atoms with Gasteiger partial charge in [-0.2, -0.15) is 0 Å². The maximum Gasteiger partial charge on any atom is 0.254 e. The highest BCUT2D eigenvalue weighted by Crippen LogP contribution is 2.39. The molecule has 0 spiro atoms. The molecule has 0 radical (unpaired) electrons. The number of hydrogen-bond acceptors (Lipinski definition) is 2. The Kier molecular flexibility index (Phi) is 3.69. The molecule has 2 aliphatic heterocycles. The summed E-state index contributed by atoms with van der Waals surface area (Å²) in [5.74, 6) is -3.26. The van der Waals surface area contributed by atoms with Crippen molar-refractivity contribution in [3.05, 3.63) is 0 Å². The minimum Gasteiger partial charge on any atom is -0.306 e. The van der Waals surface area contributed by atoms with Crippen molar-refractivity contribution in [1.29, 1.82) is 0 Å². The number of nitrogens with zero attached hydrogens (tertiary/aromatic N) is 2. The normalized spacial score (nSPS) is 40.4. The molecule has 0 aromatic carbocycles. The van der Waals surface area contributed by atoms with Crippen molar-refractivity contribution in [2.24, 2.45) is 5.92 Å². The summed E-state index contributed by atoms with van der Waals surface area (Å²) in [6.45, 7) is 1.16. The Hall–Kier alpha value is -0.290. The quantitative estimate of drug-likeness (QED) is 0.702. The molecule has 100 valence electrons. The van der Waals surface area contributed by atoms with E-state index in [4.69, 9.17) is 0 Å². The Bertz CT molecular complexity index is 272. The predicted molar refractivity (Wildman–Crippen MR) is 61.1 cm³/mol. The fourth-order valence-electron chi connectivity index (χ4n) is 3.11. The van der Waals surface area contributed by atoms with Gasteiger partial charge < -0.3 is 4.90 Å². The van der Waals surface area contributed by atoms with Crippen LogP contribution in [0.25, 0.3) is 0 Å². The van der Waals surface area contributed by atoms with Crippen molar-refractivity contribution < 1.29 is 13.2 Å². The third kappa shape index (κ3) is 2.76. The van der Waals surface area contributed by atoms with E-state index in [-0.39, 0.29) is 12.5 Å². The molecule has 0 aromatic heterocycles. The van der Waals surface area contributed by atoms with Crippen LogP contribution < -0.4 is 0 Å². The van der Waals surface area contributed by atoms with Crippen molar-refractivity contribution in [3.63, 3.8) is 0 Å². The Labute approximate surface area is 101 Å². The molecule has 0 bridgehead atoms. The topological polar surface area (TPSA) is 6.48 Å². The van der Waals surface area contributed by atoms with E-state index >= 15 is 0 Å². The van der Waals surface area contributed by atoms with Gasteiger partial charge in [0.25, 0.3) is 5.92 Å². The molecule has 2 saturated heterocycles. The molecule has 5 heteroatoms. The molecular formula is C12H21F3N2. The van der Waals surface area contributed by atoms with Crippen LogP contribution in [-0.2, 0) is 0 Å². The van der Waals surface area contributed by atoms with Gasteiger partial charge >= 0.3 is 0 Å². The van der Waals surface area contributed by atoms with Gasteiger partial charge in [-0.1, -0.05) is 0 Å². The van der Waals surface area contributed by atoms with E-state index in [1.807, 2.05) is 11.9 Å². The van der Waals surface area contributed by atoms with Crippen LogP contribution in [0.2, 0.25) is 0 Å². The van der Waals surface area contributed by atoms with Crippen molar-refractivity contribution in [3.8, 4) is 0 Å². The zero-order valence-corrected chi connectivity index (χ0v) is 10.5. The van der Waals surface area contributed by atoms with Gasteiger partial charge in [0.15, 0.2) is 0 Å². The minimum atomic E-state index is -2.60. The lowest BCUT2D eigenvalue weighted by Crippen LogP contribution is -2.57. The number of likely N-dealkylation sites (tertiary alicyclic amines) is 2. The summed E-state index contributed by atoms with van der Waals surface area (Å²) in [6, 6.07) is -0.181. The average molecular weight is 250 g/mol. The Morgan fingerprint density at radius 1 is 1.12 bits per heavy atom. The van der Waals surface area contributed by atoms with Crippen molar-refractivity contribution in [2.75, 3.05) is 33.7 Å². The van der Waals surface area contributed by atoms with E-state index in [9.17, 15) is 13.2 Å². The lowest BCUT2D eigenvalue weighted by molar-refractivity contribution is -0.134. The van der Waals surface area contributed by atoms with Crippen LogP contribution in [0, 0.1) is 5.92 Å². The molecular weight excluding hydrogens is 229 g/mol. The molecule has 2 heterocycles. The molecule has 0 amide bonds. The van der Waals surface area contributed by atoms with E-state index in [2.05, 4.69) is 0 Å². The van der Waals surface area contributed by atoms with E-state index in [1.54, 1.807) is 11.9 Å². The van der Waals surface area contributed by atoms with Crippen LogP contribution in [0.15, 0.2) is 0 Å². The lowest BCUT2D eigenvalue weighted by atomic mass is 9.82. The predicted octanol–water partition coefficient (Wildman–Crippen LogP) is 2.01. The molecule has 2 nitrogen and oxygen atoms in total. The summed E-state index contributed by atoms with van der Waals surface area (Å²) < 4.78 is 41.1. The van der Waals surface area contributed by atoms with Gasteiger partial charge in [-0.25, -0.2) is 13.2 Å². The number of hydrogen-bond donors (Lipinski definition) is 0. The molecule has 17 heavy (non-hydrogen) atoms. The maximum atomic E-state index is 14.0. The molecule has 2 fully saturated rings. The molecule has 0 N–H and O–H groups in total. The maximum absolute atomic E-state index is 14.0. The van der Waals surface area contributed by atoms with Crippen molar-refractivity contribution >= 4 is 0 Å². The van der Waals surface area contributed by atoms with Gasteiger partial charge in [0, 0.05) is 32.1 Å². The minimum absolute atomic E-state index is 0.0719. The molecule has 3 atom stereocenters. The van der Waals surface area contributed by atoms with E-state index in [0.717, 1.165) is 0 Å². The fourth-order valence-corrected chi connectivity index (χ4v) is 3.11. The Balaban J connectivity index is 2.08. The van der Waals surface area contributed by atoms with Crippen molar-refractivity contribution in [1.82, 2.24) is 9.80 Å². The summed E-state index contributed by atoms with van der Waals surface area (Å²) in [4.78, 5) is 3.74. The van der Waals surface area contributed by atoms with Crippen LogP contribution in [-0.4, -0.2) is 61.7 Å². The highest BCUT2D eigenvalue weighted by Gasteiger charge is 2.49. The highest BCUT2D eigenvalue weighted by molar-refractivity contribution is 4.95. The van der Waals surface area contributed by atoms with Gasteiger partial charge in [0.05, 0.1) is 5.92 Å². The second kappa shape index (κ2) is 4.76. The fraction of sp³-hybridized carbons (Fsp3) is 1.00. The SMILES string of the molecule is CN1CCC(F)(F)C(C2CCC(F)CN2C)C1. The second-order valence-corrected chi connectivity index (χ2v) is 5.56. The summed E-state index contributed by atoms with van der Waals surface area (Å²) in [6.07, 6.45) is 0.0421. The molecule has 0 saturated carbocycles. The summed E-state index contributed by atoms with van der Waals surface area (Å²) >= 11 is 0. The van der Waals surface area contributed by atoms with Crippen LogP contribution in [0.5, 0.6) is 0 Å². The van der Waals surface area contributed by atoms with Gasteiger partial charge in [0.2, 0.25) is 0 Å². The first-order chi connectivity index (χ1) is 7.90. The third-order valence-corrected chi connectivity index (χ3v) is 4.17. The molecule has 0 aromatic rings. The first-order valence-corrected chi connectivity index (χ1v) is 6.31. The summed E-state index contributed by atoms with van der Waals surface area (Å²) in [7, 11) is 3.64. The Morgan fingerprint density at radius 3 is 2.47 bits per heavy atom. The monoisotopic (exact) mass is 250 g/mol. The van der Waals surface area contributed by atoms with E-state index < -0.39 is 18.0 Å². The number of piperidine rings is 2. The largest absolute Gasteiger partial charge is 0.306 e. The van der Waals surface area contributed by atoms with E-state index in [0.29, 0.717) is 32.5 Å². The van der Waals surface area contributed by atoms with Gasteiger partial charge in [-0.3, -0.25) is 4.90 Å².